The van der Waals surface area contributed by atoms with Gasteiger partial charge in [-0.3, -0.25) is 0 Å². The molecular formula is C16H14Cl2N2O. The van der Waals surface area contributed by atoms with Gasteiger partial charge in [-0.2, -0.15) is 0 Å². The Labute approximate surface area is 132 Å². The topological polar surface area (TPSA) is 38.1 Å². The minimum atomic E-state index is 0.470. The molecule has 0 bridgehead atoms. The van der Waals surface area contributed by atoms with Crippen molar-refractivity contribution in [1.29, 1.82) is 0 Å². The second kappa shape index (κ2) is 5.58. The molecule has 0 fully saturated rings. The van der Waals surface area contributed by atoms with Gasteiger partial charge in [0, 0.05) is 11.9 Å². The van der Waals surface area contributed by atoms with Crippen LogP contribution in [-0.2, 0) is 0 Å². The van der Waals surface area contributed by atoms with Crippen LogP contribution < -0.4 is 5.32 Å². The molecule has 3 aromatic rings. The van der Waals surface area contributed by atoms with E-state index in [1.54, 1.807) is 6.07 Å². The lowest BCUT2D eigenvalue weighted by molar-refractivity contribution is 0.629. The Bertz CT molecular complexity index is 811. The number of halogens is 2. The highest BCUT2D eigenvalue weighted by Crippen LogP contribution is 2.35. The Morgan fingerprint density at radius 3 is 2.71 bits per heavy atom. The number of pyridine rings is 1. The number of benzene rings is 1. The Morgan fingerprint density at radius 2 is 1.95 bits per heavy atom. The van der Waals surface area contributed by atoms with Crippen molar-refractivity contribution in [2.24, 2.45) is 0 Å². The van der Waals surface area contributed by atoms with E-state index in [1.807, 2.05) is 32.0 Å². The maximum atomic E-state index is 6.26. The minimum absolute atomic E-state index is 0.470. The number of anilines is 1. The molecule has 0 spiro atoms. The van der Waals surface area contributed by atoms with Gasteiger partial charge in [-0.1, -0.05) is 34.8 Å². The van der Waals surface area contributed by atoms with Crippen molar-refractivity contribution in [3.05, 3.63) is 45.9 Å². The monoisotopic (exact) mass is 320 g/mol. The molecule has 0 saturated carbocycles. The summed E-state index contributed by atoms with van der Waals surface area (Å²) >= 11 is 12.4. The predicted octanol–water partition coefficient (Wildman–Crippen LogP) is 5.54. The average Bonchev–Trinajstić information content (AvgIpc) is 2.84. The molecule has 0 saturated heterocycles. The maximum absolute atomic E-state index is 6.26. The highest BCUT2D eigenvalue weighted by atomic mass is 35.5. The second-order valence-corrected chi connectivity index (χ2v) is 5.65. The van der Waals surface area contributed by atoms with Crippen LogP contribution in [-0.4, -0.2) is 11.5 Å². The molecule has 21 heavy (non-hydrogen) atoms. The number of fused-ring (bicyclic) bond motifs is 1. The minimum Gasteiger partial charge on any atom is -0.454 e. The summed E-state index contributed by atoms with van der Waals surface area (Å²) in [5, 5.41) is 5.11. The van der Waals surface area contributed by atoms with Crippen LogP contribution >= 0.6 is 23.2 Å². The first kappa shape index (κ1) is 14.2. The number of nitrogens with zero attached hydrogens (tertiary/aromatic N) is 1. The number of rotatable bonds is 3. The van der Waals surface area contributed by atoms with Crippen LogP contribution in [0.1, 0.15) is 12.5 Å². The summed E-state index contributed by atoms with van der Waals surface area (Å²) in [4.78, 5) is 4.48. The lowest BCUT2D eigenvalue weighted by Gasteiger charge is -2.08. The number of furan rings is 1. The van der Waals surface area contributed by atoms with Crippen LogP contribution in [0, 0.1) is 6.92 Å². The molecule has 2 heterocycles. The zero-order chi connectivity index (χ0) is 15.0. The molecule has 0 aliphatic heterocycles. The zero-order valence-corrected chi connectivity index (χ0v) is 13.2. The molecule has 0 radical (unpaired) electrons. The van der Waals surface area contributed by atoms with Crippen molar-refractivity contribution >= 4 is 40.0 Å². The van der Waals surface area contributed by atoms with Crippen LogP contribution in [0.3, 0.4) is 0 Å². The van der Waals surface area contributed by atoms with E-state index < -0.39 is 0 Å². The van der Waals surface area contributed by atoms with Gasteiger partial charge in [0.05, 0.1) is 10.0 Å². The molecule has 3 nitrogen and oxygen atoms in total. The molecule has 1 aromatic carbocycles. The normalized spacial score (nSPS) is 11.0. The first-order valence-corrected chi connectivity index (χ1v) is 7.44. The van der Waals surface area contributed by atoms with Gasteiger partial charge in [-0.25, -0.2) is 4.98 Å². The van der Waals surface area contributed by atoms with Gasteiger partial charge in [0.1, 0.15) is 17.1 Å². The lowest BCUT2D eigenvalue weighted by Crippen LogP contribution is -2.01. The summed E-state index contributed by atoms with van der Waals surface area (Å²) in [5.41, 5.74) is 2.58. The quantitative estimate of drug-likeness (QED) is 0.688. The van der Waals surface area contributed by atoms with Crippen LogP contribution in [0.25, 0.3) is 22.4 Å². The molecule has 0 atom stereocenters. The third kappa shape index (κ3) is 2.71. The molecular weight excluding hydrogens is 307 g/mol. The fourth-order valence-corrected chi connectivity index (χ4v) is 2.73. The summed E-state index contributed by atoms with van der Waals surface area (Å²) in [7, 11) is 0. The largest absolute Gasteiger partial charge is 0.454 e. The summed E-state index contributed by atoms with van der Waals surface area (Å²) in [6.45, 7) is 4.76. The van der Waals surface area contributed by atoms with Crippen molar-refractivity contribution in [2.45, 2.75) is 13.8 Å². The van der Waals surface area contributed by atoms with Crippen molar-refractivity contribution in [1.82, 2.24) is 4.98 Å². The highest BCUT2D eigenvalue weighted by molar-refractivity contribution is 6.37. The number of hydrogen-bond acceptors (Lipinski definition) is 3. The molecule has 0 aliphatic carbocycles. The smallest absolute Gasteiger partial charge is 0.155 e. The Balaban J connectivity index is 2.15. The Kier molecular flexibility index (Phi) is 3.79. The van der Waals surface area contributed by atoms with Crippen LogP contribution in [0.15, 0.2) is 34.7 Å². The summed E-state index contributed by atoms with van der Waals surface area (Å²) < 4.78 is 5.85. The molecule has 5 heteroatoms. The van der Waals surface area contributed by atoms with Crippen LogP contribution in [0.2, 0.25) is 10.0 Å². The summed E-state index contributed by atoms with van der Waals surface area (Å²) in [6, 6.07) is 9.65. The van der Waals surface area contributed by atoms with E-state index in [0.29, 0.717) is 27.3 Å². The fraction of sp³-hybridized carbons (Fsp3) is 0.188. The van der Waals surface area contributed by atoms with Gasteiger partial charge in [-0.05, 0) is 38.1 Å². The van der Waals surface area contributed by atoms with Crippen LogP contribution in [0.4, 0.5) is 5.82 Å². The molecule has 0 amide bonds. The van der Waals surface area contributed by atoms with E-state index in [2.05, 4.69) is 16.4 Å². The highest BCUT2D eigenvalue weighted by Gasteiger charge is 2.15. The predicted molar refractivity (Wildman–Crippen MR) is 88.4 cm³/mol. The number of aryl methyl sites for hydroxylation is 1. The lowest BCUT2D eigenvalue weighted by atomic mass is 10.2. The van der Waals surface area contributed by atoms with Crippen molar-refractivity contribution < 1.29 is 4.42 Å². The molecule has 0 unspecified atom stereocenters. The molecule has 2 aromatic heterocycles. The van der Waals surface area contributed by atoms with E-state index in [9.17, 15) is 0 Å². The van der Waals surface area contributed by atoms with Crippen molar-refractivity contribution in [3.63, 3.8) is 0 Å². The number of nitrogens with one attached hydrogen (secondary N) is 1. The van der Waals surface area contributed by atoms with E-state index >= 15 is 0 Å². The Hall–Kier alpha value is -1.71. The summed E-state index contributed by atoms with van der Waals surface area (Å²) in [6.07, 6.45) is 0. The van der Waals surface area contributed by atoms with E-state index in [-0.39, 0.29) is 0 Å². The average molecular weight is 321 g/mol. The van der Waals surface area contributed by atoms with E-state index in [0.717, 1.165) is 17.5 Å². The number of hydrogen-bond donors (Lipinski definition) is 1. The molecule has 0 aliphatic rings. The molecule has 108 valence electrons. The van der Waals surface area contributed by atoms with Gasteiger partial charge < -0.3 is 9.73 Å². The first-order chi connectivity index (χ1) is 10.1. The van der Waals surface area contributed by atoms with Gasteiger partial charge in [0.15, 0.2) is 5.76 Å². The first-order valence-electron chi connectivity index (χ1n) is 6.69. The standard InChI is InChI=1S/C16H14Cl2N2O/c1-3-19-16-12(18)8-11(17)15(20-16)14-7-10-6-9(2)4-5-13(10)21-14/h4-8H,3H2,1-2H3,(H,19,20). The van der Waals surface area contributed by atoms with Gasteiger partial charge >= 0.3 is 0 Å². The van der Waals surface area contributed by atoms with E-state index in [4.69, 9.17) is 27.6 Å². The van der Waals surface area contributed by atoms with Gasteiger partial charge in [0.2, 0.25) is 0 Å². The Morgan fingerprint density at radius 1 is 1.14 bits per heavy atom. The zero-order valence-electron chi connectivity index (χ0n) is 11.7. The molecule has 3 rings (SSSR count). The third-order valence-corrected chi connectivity index (χ3v) is 3.76. The number of aromatic nitrogens is 1. The molecule has 1 N–H and O–H groups in total. The SMILES string of the molecule is CCNc1nc(-c2cc3cc(C)ccc3o2)c(Cl)cc1Cl. The second-order valence-electron chi connectivity index (χ2n) is 4.83. The van der Waals surface area contributed by atoms with Crippen molar-refractivity contribution in [3.8, 4) is 11.5 Å². The van der Waals surface area contributed by atoms with Crippen molar-refractivity contribution in [2.75, 3.05) is 11.9 Å². The third-order valence-electron chi connectivity index (χ3n) is 3.18. The fourth-order valence-electron chi connectivity index (χ4n) is 2.21. The van der Waals surface area contributed by atoms with E-state index in [1.165, 1.54) is 5.56 Å². The van der Waals surface area contributed by atoms with Crippen LogP contribution in [0.5, 0.6) is 0 Å². The van der Waals surface area contributed by atoms with Gasteiger partial charge in [0.25, 0.3) is 0 Å². The summed E-state index contributed by atoms with van der Waals surface area (Å²) in [5.74, 6) is 1.24. The van der Waals surface area contributed by atoms with Gasteiger partial charge in [-0.15, -0.1) is 0 Å². The maximum Gasteiger partial charge on any atom is 0.155 e.